The lowest BCUT2D eigenvalue weighted by atomic mass is 9.78. The lowest BCUT2D eigenvalue weighted by Gasteiger charge is -2.28. The van der Waals surface area contributed by atoms with Crippen LogP contribution in [0.2, 0.25) is 0 Å². The van der Waals surface area contributed by atoms with Crippen molar-refractivity contribution < 1.29 is 19.1 Å². The lowest BCUT2D eigenvalue weighted by molar-refractivity contribution is -0.163. The van der Waals surface area contributed by atoms with E-state index in [1.807, 2.05) is 45.0 Å². The van der Waals surface area contributed by atoms with Gasteiger partial charge < -0.3 is 14.0 Å². The minimum atomic E-state index is -1.000. The third-order valence-electron chi connectivity index (χ3n) is 6.28. The standard InChI is InChI=1S/C28H37N3O4/c1-8-22-30-25-18(6)15-19(7)29-26(25)31(22)16-20-11-13-21(14-12-20)23(17(4)5)24(27(32)34-9-2)28(33)35-10-3/h11-15,17,23-24H,8-10,16H2,1-7H3. The first-order chi connectivity index (χ1) is 16.7. The predicted octanol–water partition coefficient (Wildman–Crippen LogP) is 5.14. The van der Waals surface area contributed by atoms with Gasteiger partial charge in [0, 0.05) is 18.0 Å². The zero-order valence-electron chi connectivity index (χ0n) is 21.9. The minimum absolute atomic E-state index is 0.0269. The maximum absolute atomic E-state index is 12.8. The van der Waals surface area contributed by atoms with E-state index in [0.717, 1.165) is 45.8 Å². The van der Waals surface area contributed by atoms with E-state index in [1.165, 1.54) is 0 Å². The summed E-state index contributed by atoms with van der Waals surface area (Å²) in [6, 6.07) is 10.2. The smallest absolute Gasteiger partial charge is 0.320 e. The number of carbonyl (C=O) groups is 2. The molecule has 3 rings (SSSR count). The third kappa shape index (κ3) is 5.72. The monoisotopic (exact) mass is 479 g/mol. The molecule has 1 unspecified atom stereocenters. The van der Waals surface area contributed by atoms with Crippen LogP contribution in [0.3, 0.4) is 0 Å². The van der Waals surface area contributed by atoms with Gasteiger partial charge in [0.2, 0.25) is 0 Å². The van der Waals surface area contributed by atoms with Gasteiger partial charge in [-0.05, 0) is 56.4 Å². The van der Waals surface area contributed by atoms with Crippen LogP contribution in [0, 0.1) is 25.7 Å². The van der Waals surface area contributed by atoms with Gasteiger partial charge in [-0.2, -0.15) is 0 Å². The van der Waals surface area contributed by atoms with Gasteiger partial charge in [-0.3, -0.25) is 9.59 Å². The van der Waals surface area contributed by atoms with Crippen molar-refractivity contribution in [2.75, 3.05) is 13.2 Å². The largest absolute Gasteiger partial charge is 0.465 e. The van der Waals surface area contributed by atoms with Crippen molar-refractivity contribution in [1.82, 2.24) is 14.5 Å². The molecule has 0 radical (unpaired) electrons. The molecule has 0 aliphatic carbocycles. The first-order valence-corrected chi connectivity index (χ1v) is 12.5. The van der Waals surface area contributed by atoms with Crippen LogP contribution in [-0.4, -0.2) is 39.7 Å². The fourth-order valence-electron chi connectivity index (χ4n) is 4.73. The number of pyridine rings is 1. The van der Waals surface area contributed by atoms with Crippen molar-refractivity contribution in [3.05, 3.63) is 58.5 Å². The fraction of sp³-hybridized carbons (Fsp3) is 0.500. The molecule has 0 saturated heterocycles. The minimum Gasteiger partial charge on any atom is -0.465 e. The van der Waals surface area contributed by atoms with E-state index in [1.54, 1.807) is 13.8 Å². The van der Waals surface area contributed by atoms with Crippen molar-refractivity contribution in [2.45, 2.75) is 67.3 Å². The number of aromatic nitrogens is 3. The summed E-state index contributed by atoms with van der Waals surface area (Å²) in [7, 11) is 0. The van der Waals surface area contributed by atoms with E-state index in [0.29, 0.717) is 6.54 Å². The van der Waals surface area contributed by atoms with Crippen molar-refractivity contribution in [2.24, 2.45) is 11.8 Å². The van der Waals surface area contributed by atoms with Crippen molar-refractivity contribution in [1.29, 1.82) is 0 Å². The molecule has 35 heavy (non-hydrogen) atoms. The topological polar surface area (TPSA) is 83.3 Å². The fourth-order valence-corrected chi connectivity index (χ4v) is 4.73. The van der Waals surface area contributed by atoms with Crippen LogP contribution in [0.25, 0.3) is 11.2 Å². The molecule has 0 fully saturated rings. The number of nitrogens with zero attached hydrogens (tertiary/aromatic N) is 3. The normalized spacial score (nSPS) is 12.4. The second-order valence-electron chi connectivity index (χ2n) is 9.21. The molecule has 1 aromatic carbocycles. The van der Waals surface area contributed by atoms with Gasteiger partial charge in [0.25, 0.3) is 0 Å². The van der Waals surface area contributed by atoms with Crippen LogP contribution >= 0.6 is 0 Å². The van der Waals surface area contributed by atoms with Gasteiger partial charge in [0.05, 0.1) is 19.8 Å². The predicted molar refractivity (Wildman–Crippen MR) is 136 cm³/mol. The lowest BCUT2D eigenvalue weighted by Crippen LogP contribution is -2.35. The molecular formula is C28H37N3O4. The van der Waals surface area contributed by atoms with Gasteiger partial charge in [-0.1, -0.05) is 45.0 Å². The van der Waals surface area contributed by atoms with E-state index in [4.69, 9.17) is 19.4 Å². The summed E-state index contributed by atoms with van der Waals surface area (Å²) < 4.78 is 12.7. The molecule has 0 aliphatic rings. The highest BCUT2D eigenvalue weighted by Gasteiger charge is 2.40. The molecule has 0 N–H and O–H groups in total. The SMILES string of the molecule is CCOC(=O)C(C(=O)OCC)C(c1ccc(Cn2c(CC)nc3c(C)cc(C)nc32)cc1)C(C)C. The molecule has 0 bridgehead atoms. The number of carbonyl (C=O) groups excluding carboxylic acids is 2. The maximum atomic E-state index is 12.8. The third-order valence-corrected chi connectivity index (χ3v) is 6.28. The maximum Gasteiger partial charge on any atom is 0.320 e. The first kappa shape index (κ1) is 26.4. The Kier molecular flexibility index (Phi) is 8.65. The molecular weight excluding hydrogens is 442 g/mol. The zero-order valence-corrected chi connectivity index (χ0v) is 21.9. The Hall–Kier alpha value is -3.22. The summed E-state index contributed by atoms with van der Waals surface area (Å²) in [5, 5.41) is 0. The number of imidazole rings is 1. The molecule has 7 nitrogen and oxygen atoms in total. The van der Waals surface area contributed by atoms with E-state index >= 15 is 0 Å². The Balaban J connectivity index is 1.96. The second kappa shape index (κ2) is 11.5. The average molecular weight is 480 g/mol. The van der Waals surface area contributed by atoms with Gasteiger partial charge in [-0.25, -0.2) is 9.97 Å². The molecule has 2 heterocycles. The Morgan fingerprint density at radius 2 is 1.54 bits per heavy atom. The summed E-state index contributed by atoms with van der Waals surface area (Å²) in [5.74, 6) is -1.41. The Bertz CT molecular complexity index is 1160. The Morgan fingerprint density at radius 3 is 2.06 bits per heavy atom. The number of hydrogen-bond acceptors (Lipinski definition) is 6. The average Bonchev–Trinajstić information content (AvgIpc) is 3.15. The number of fused-ring (bicyclic) bond motifs is 1. The zero-order chi connectivity index (χ0) is 25.7. The van der Waals surface area contributed by atoms with Crippen LogP contribution in [-0.2, 0) is 32.0 Å². The van der Waals surface area contributed by atoms with Crippen LogP contribution in [0.4, 0.5) is 0 Å². The highest BCUT2D eigenvalue weighted by molar-refractivity contribution is 5.96. The van der Waals surface area contributed by atoms with E-state index in [-0.39, 0.29) is 25.0 Å². The van der Waals surface area contributed by atoms with Crippen molar-refractivity contribution >= 4 is 23.1 Å². The number of benzene rings is 1. The van der Waals surface area contributed by atoms with Gasteiger partial charge in [-0.15, -0.1) is 0 Å². The molecule has 0 saturated carbocycles. The molecule has 2 aromatic heterocycles. The summed E-state index contributed by atoms with van der Waals surface area (Å²) >= 11 is 0. The van der Waals surface area contributed by atoms with Gasteiger partial charge >= 0.3 is 11.9 Å². The quantitative estimate of drug-likeness (QED) is 0.296. The van der Waals surface area contributed by atoms with Crippen molar-refractivity contribution in [3.8, 4) is 0 Å². The first-order valence-electron chi connectivity index (χ1n) is 12.5. The van der Waals surface area contributed by atoms with E-state index in [9.17, 15) is 9.59 Å². The van der Waals surface area contributed by atoms with Gasteiger partial charge in [0.1, 0.15) is 11.3 Å². The molecule has 7 heteroatoms. The summed E-state index contributed by atoms with van der Waals surface area (Å²) in [4.78, 5) is 35.1. The molecule has 0 aliphatic heterocycles. The summed E-state index contributed by atoms with van der Waals surface area (Å²) in [6.07, 6.45) is 0.809. The van der Waals surface area contributed by atoms with E-state index in [2.05, 4.69) is 24.5 Å². The number of aryl methyl sites for hydroxylation is 3. The van der Waals surface area contributed by atoms with Crippen LogP contribution in [0.5, 0.6) is 0 Å². The Morgan fingerprint density at radius 1 is 0.943 bits per heavy atom. The van der Waals surface area contributed by atoms with Crippen molar-refractivity contribution in [3.63, 3.8) is 0 Å². The van der Waals surface area contributed by atoms with Crippen LogP contribution in [0.15, 0.2) is 30.3 Å². The van der Waals surface area contributed by atoms with E-state index < -0.39 is 17.9 Å². The summed E-state index contributed by atoms with van der Waals surface area (Å²) in [6.45, 7) is 14.7. The molecule has 188 valence electrons. The summed E-state index contributed by atoms with van der Waals surface area (Å²) in [5.41, 5.74) is 5.93. The number of ether oxygens (including phenoxy) is 2. The number of esters is 2. The Labute approximate surface area is 207 Å². The second-order valence-corrected chi connectivity index (χ2v) is 9.21. The van der Waals surface area contributed by atoms with Crippen LogP contribution < -0.4 is 0 Å². The molecule has 3 aromatic rings. The molecule has 0 amide bonds. The van der Waals surface area contributed by atoms with Gasteiger partial charge in [0.15, 0.2) is 11.6 Å². The highest BCUT2D eigenvalue weighted by atomic mass is 16.6. The highest BCUT2D eigenvalue weighted by Crippen LogP contribution is 2.34. The number of rotatable bonds is 10. The van der Waals surface area contributed by atoms with Crippen LogP contribution in [0.1, 0.15) is 68.7 Å². The molecule has 0 spiro atoms. The number of hydrogen-bond donors (Lipinski definition) is 0. The molecule has 1 atom stereocenters.